The van der Waals surface area contributed by atoms with Crippen LogP contribution in [0.1, 0.15) is 66.8 Å². The lowest BCUT2D eigenvalue weighted by atomic mass is 9.94. The van der Waals surface area contributed by atoms with E-state index < -0.39 is 0 Å². The molecule has 1 aromatic carbocycles. The van der Waals surface area contributed by atoms with E-state index in [0.717, 1.165) is 47.4 Å². The monoisotopic (exact) mass is 366 g/mol. The number of hydrogen-bond donors (Lipinski definition) is 0. The molecule has 0 unspecified atom stereocenters. The summed E-state index contributed by atoms with van der Waals surface area (Å²) in [6, 6.07) is 8.06. The van der Waals surface area contributed by atoms with Gasteiger partial charge < -0.3 is 8.94 Å². The fourth-order valence-electron chi connectivity index (χ4n) is 4.24. The number of fused-ring (bicyclic) bond motifs is 1. The van der Waals surface area contributed by atoms with E-state index in [1.54, 1.807) is 6.07 Å². The minimum atomic E-state index is -0.291. The first-order valence-corrected chi connectivity index (χ1v) is 9.67. The lowest BCUT2D eigenvalue weighted by Gasteiger charge is -2.23. The predicted molar refractivity (Wildman–Crippen MR) is 105 cm³/mol. The first-order valence-electron chi connectivity index (χ1n) is 9.67. The minimum absolute atomic E-state index is 0.212. The molecule has 5 heteroatoms. The highest BCUT2D eigenvalue weighted by atomic mass is 16.5. The van der Waals surface area contributed by atoms with Crippen LogP contribution < -0.4 is 5.63 Å². The topological polar surface area (TPSA) is 59.5 Å². The Labute approximate surface area is 159 Å². The number of nitrogens with zero attached hydrogens (tertiary/aromatic N) is 2. The SMILES string of the molecule is Cc1cc([C@@H]2CCCN2Cc2cc(=O)oc3cc(C)c(C(C)C)cc23)on1. The van der Waals surface area contributed by atoms with Crippen molar-refractivity contribution >= 4 is 11.0 Å². The summed E-state index contributed by atoms with van der Waals surface area (Å²) in [6.45, 7) is 10.1. The molecule has 27 heavy (non-hydrogen) atoms. The highest BCUT2D eigenvalue weighted by molar-refractivity contribution is 5.82. The smallest absolute Gasteiger partial charge is 0.336 e. The van der Waals surface area contributed by atoms with Crippen LogP contribution in [0.25, 0.3) is 11.0 Å². The highest BCUT2D eigenvalue weighted by Gasteiger charge is 2.29. The Morgan fingerprint density at radius 2 is 2.04 bits per heavy atom. The van der Waals surface area contributed by atoms with E-state index in [0.29, 0.717) is 18.0 Å². The quantitative estimate of drug-likeness (QED) is 0.617. The van der Waals surface area contributed by atoms with Crippen LogP contribution in [0.4, 0.5) is 0 Å². The molecule has 1 atom stereocenters. The van der Waals surface area contributed by atoms with E-state index >= 15 is 0 Å². The largest absolute Gasteiger partial charge is 0.423 e. The number of likely N-dealkylation sites (tertiary alicyclic amines) is 1. The Morgan fingerprint density at radius 1 is 1.22 bits per heavy atom. The van der Waals surface area contributed by atoms with Crippen molar-refractivity contribution in [2.24, 2.45) is 0 Å². The molecule has 1 saturated heterocycles. The molecule has 0 saturated carbocycles. The third-order valence-electron chi connectivity index (χ3n) is 5.55. The molecule has 142 valence electrons. The summed E-state index contributed by atoms with van der Waals surface area (Å²) >= 11 is 0. The summed E-state index contributed by atoms with van der Waals surface area (Å²) in [6.07, 6.45) is 2.16. The van der Waals surface area contributed by atoms with Gasteiger partial charge in [-0.1, -0.05) is 19.0 Å². The first kappa shape index (κ1) is 18.0. The van der Waals surface area contributed by atoms with Crippen molar-refractivity contribution in [3.05, 3.63) is 62.8 Å². The van der Waals surface area contributed by atoms with Crippen LogP contribution in [-0.2, 0) is 6.54 Å². The summed E-state index contributed by atoms with van der Waals surface area (Å²) in [5.41, 5.74) is 4.76. The molecular weight excluding hydrogens is 340 g/mol. The molecule has 3 aromatic rings. The van der Waals surface area contributed by atoms with Crippen LogP contribution in [0.15, 0.2) is 38.0 Å². The summed E-state index contributed by atoms with van der Waals surface area (Å²) < 4.78 is 11.0. The molecule has 0 aliphatic carbocycles. The second kappa shape index (κ2) is 6.97. The van der Waals surface area contributed by atoms with Crippen LogP contribution in [0, 0.1) is 13.8 Å². The van der Waals surface area contributed by atoms with E-state index in [4.69, 9.17) is 8.94 Å². The molecule has 0 N–H and O–H groups in total. The minimum Gasteiger partial charge on any atom is -0.423 e. The fraction of sp³-hybridized carbons (Fsp3) is 0.455. The van der Waals surface area contributed by atoms with Crippen molar-refractivity contribution in [3.63, 3.8) is 0 Å². The summed E-state index contributed by atoms with van der Waals surface area (Å²) in [4.78, 5) is 14.5. The van der Waals surface area contributed by atoms with E-state index in [2.05, 4.69) is 36.9 Å². The van der Waals surface area contributed by atoms with Gasteiger partial charge in [-0.3, -0.25) is 4.90 Å². The molecule has 0 amide bonds. The predicted octanol–water partition coefficient (Wildman–Crippen LogP) is 4.86. The normalized spacial score (nSPS) is 18.0. The number of aryl methyl sites for hydroxylation is 2. The second-order valence-corrected chi connectivity index (χ2v) is 7.95. The summed E-state index contributed by atoms with van der Waals surface area (Å²) in [5, 5.41) is 5.07. The van der Waals surface area contributed by atoms with Crippen LogP contribution in [-0.4, -0.2) is 16.6 Å². The van der Waals surface area contributed by atoms with Gasteiger partial charge in [0.2, 0.25) is 0 Å². The first-order chi connectivity index (χ1) is 12.9. The second-order valence-electron chi connectivity index (χ2n) is 7.95. The average molecular weight is 366 g/mol. The molecule has 2 aromatic heterocycles. The summed E-state index contributed by atoms with van der Waals surface area (Å²) in [7, 11) is 0. The van der Waals surface area contributed by atoms with Gasteiger partial charge in [-0.15, -0.1) is 0 Å². The van der Waals surface area contributed by atoms with Gasteiger partial charge in [-0.25, -0.2) is 4.79 Å². The van der Waals surface area contributed by atoms with Crippen molar-refractivity contribution in [1.29, 1.82) is 0 Å². The van der Waals surface area contributed by atoms with Crippen molar-refractivity contribution in [3.8, 4) is 0 Å². The maximum Gasteiger partial charge on any atom is 0.336 e. The number of aromatic nitrogens is 1. The summed E-state index contributed by atoms with van der Waals surface area (Å²) in [5.74, 6) is 1.34. The Morgan fingerprint density at radius 3 is 2.74 bits per heavy atom. The Balaban J connectivity index is 1.74. The number of rotatable bonds is 4. The molecule has 4 rings (SSSR count). The van der Waals surface area contributed by atoms with Gasteiger partial charge in [0.1, 0.15) is 5.58 Å². The molecule has 1 aliphatic rings. The molecule has 1 fully saturated rings. The van der Waals surface area contributed by atoms with Gasteiger partial charge in [0.05, 0.1) is 11.7 Å². The highest BCUT2D eigenvalue weighted by Crippen LogP contribution is 2.35. The van der Waals surface area contributed by atoms with Gasteiger partial charge in [0.15, 0.2) is 5.76 Å². The van der Waals surface area contributed by atoms with E-state index in [1.807, 2.05) is 19.1 Å². The van der Waals surface area contributed by atoms with Crippen molar-refractivity contribution in [1.82, 2.24) is 10.1 Å². The number of benzene rings is 1. The lowest BCUT2D eigenvalue weighted by Crippen LogP contribution is -2.23. The standard InChI is InChI=1S/C22H26N2O3/c1-13(2)17-11-18-16(10-22(25)26-20(18)8-14(17)3)12-24-7-5-6-19(24)21-9-15(4)23-27-21/h8-11,13,19H,5-7,12H2,1-4H3/t19-/m0/s1. The van der Waals surface area contributed by atoms with E-state index in [-0.39, 0.29) is 11.7 Å². The zero-order valence-electron chi connectivity index (χ0n) is 16.4. The van der Waals surface area contributed by atoms with Crippen LogP contribution >= 0.6 is 0 Å². The van der Waals surface area contributed by atoms with Crippen molar-refractivity contribution < 1.29 is 8.94 Å². The van der Waals surface area contributed by atoms with E-state index in [1.165, 1.54) is 5.56 Å². The number of hydrogen-bond acceptors (Lipinski definition) is 5. The maximum absolute atomic E-state index is 12.1. The molecule has 1 aliphatic heterocycles. The van der Waals surface area contributed by atoms with Gasteiger partial charge in [0.25, 0.3) is 0 Å². The van der Waals surface area contributed by atoms with Crippen molar-refractivity contribution in [2.75, 3.05) is 6.54 Å². The van der Waals surface area contributed by atoms with Gasteiger partial charge in [0, 0.05) is 24.1 Å². The van der Waals surface area contributed by atoms with Crippen LogP contribution in [0.2, 0.25) is 0 Å². The maximum atomic E-state index is 12.1. The molecule has 0 spiro atoms. The van der Waals surface area contributed by atoms with Crippen molar-refractivity contribution in [2.45, 2.75) is 59.0 Å². The fourth-order valence-corrected chi connectivity index (χ4v) is 4.24. The Hall–Kier alpha value is -2.40. The molecule has 5 nitrogen and oxygen atoms in total. The molecular formula is C22H26N2O3. The molecule has 0 radical (unpaired) electrons. The zero-order valence-corrected chi connectivity index (χ0v) is 16.4. The van der Waals surface area contributed by atoms with E-state index in [9.17, 15) is 4.79 Å². The zero-order chi connectivity index (χ0) is 19.1. The van der Waals surface area contributed by atoms with Gasteiger partial charge >= 0.3 is 5.63 Å². The average Bonchev–Trinajstić information content (AvgIpc) is 3.22. The van der Waals surface area contributed by atoms with Crippen LogP contribution in [0.5, 0.6) is 0 Å². The lowest BCUT2D eigenvalue weighted by molar-refractivity contribution is 0.207. The third kappa shape index (κ3) is 3.44. The molecule has 0 bridgehead atoms. The third-order valence-corrected chi connectivity index (χ3v) is 5.55. The molecule has 3 heterocycles. The Kier molecular flexibility index (Phi) is 4.64. The van der Waals surface area contributed by atoms with Gasteiger partial charge in [-0.05, 0) is 68.0 Å². The van der Waals surface area contributed by atoms with Gasteiger partial charge in [-0.2, -0.15) is 0 Å². The van der Waals surface area contributed by atoms with Crippen LogP contribution in [0.3, 0.4) is 0 Å². The Bertz CT molecular complexity index is 1030.